The maximum absolute atomic E-state index is 13.3. The molecule has 0 aliphatic rings. The molecule has 1 aromatic rings. The van der Waals surface area contributed by atoms with Crippen molar-refractivity contribution in [2.45, 2.75) is 38.3 Å². The Morgan fingerprint density at radius 2 is 2.12 bits per heavy atom. The molecule has 0 heterocycles. The first-order chi connectivity index (χ1) is 7.56. The molecule has 2 nitrogen and oxygen atoms in total. The van der Waals surface area contributed by atoms with Gasteiger partial charge in [-0.15, -0.1) is 12.4 Å². The first-order valence-corrected chi connectivity index (χ1v) is 6.24. The van der Waals surface area contributed by atoms with E-state index in [1.165, 1.54) is 6.07 Å². The van der Waals surface area contributed by atoms with Crippen molar-refractivity contribution >= 4 is 28.3 Å². The van der Waals surface area contributed by atoms with Gasteiger partial charge in [0, 0.05) is 0 Å². The summed E-state index contributed by atoms with van der Waals surface area (Å²) in [5.74, 6) is -0.351. The molecule has 0 fully saturated rings. The minimum absolute atomic E-state index is 0. The lowest BCUT2D eigenvalue weighted by molar-refractivity contribution is 0.132. The van der Waals surface area contributed by atoms with E-state index < -0.39 is 12.1 Å². The largest absolute Gasteiger partial charge is 0.391 e. The number of hydrogen-bond acceptors (Lipinski definition) is 2. The predicted octanol–water partition coefficient (Wildman–Crippen LogP) is 3.56. The first kappa shape index (κ1) is 16.8. The number of hydrogen-bond donors (Lipinski definition) is 2. The molecule has 0 radical (unpaired) electrons. The zero-order chi connectivity index (χ0) is 12.1. The van der Waals surface area contributed by atoms with Crippen LogP contribution in [0, 0.1) is 5.82 Å². The van der Waals surface area contributed by atoms with Crippen LogP contribution in [0.5, 0.6) is 0 Å². The molecular weight excluding hydrogens is 308 g/mol. The maximum Gasteiger partial charge on any atom is 0.137 e. The molecule has 0 bridgehead atoms. The summed E-state index contributed by atoms with van der Waals surface area (Å²) in [6.07, 6.45) is 1.97. The molecule has 0 aromatic heterocycles. The Bertz CT molecular complexity index is 351. The van der Waals surface area contributed by atoms with Crippen LogP contribution < -0.4 is 5.73 Å². The maximum atomic E-state index is 13.3. The molecule has 0 unspecified atom stereocenters. The van der Waals surface area contributed by atoms with Gasteiger partial charge in [-0.3, -0.25) is 0 Å². The fourth-order valence-corrected chi connectivity index (χ4v) is 1.78. The number of halogens is 3. The molecular formula is C12H18BrClFNO. The molecule has 1 aromatic carbocycles. The summed E-state index contributed by atoms with van der Waals surface area (Å²) in [5, 5.41) is 9.80. The summed E-state index contributed by atoms with van der Waals surface area (Å²) in [5.41, 5.74) is 6.50. The second-order valence-electron chi connectivity index (χ2n) is 3.91. The van der Waals surface area contributed by atoms with Crippen LogP contribution in [0.1, 0.15) is 37.8 Å². The fourth-order valence-electron chi connectivity index (χ4n) is 1.53. The topological polar surface area (TPSA) is 46.2 Å². The minimum Gasteiger partial charge on any atom is -0.391 e. The SMILES string of the molecule is CCCC[C@@H](O)[C@@H](N)c1ccc(Br)c(F)c1.Cl. The van der Waals surface area contributed by atoms with Gasteiger partial charge in [-0.25, -0.2) is 4.39 Å². The highest BCUT2D eigenvalue weighted by Crippen LogP contribution is 2.23. The van der Waals surface area contributed by atoms with Gasteiger partial charge < -0.3 is 10.8 Å². The van der Waals surface area contributed by atoms with Gasteiger partial charge in [0.1, 0.15) is 5.82 Å². The van der Waals surface area contributed by atoms with Crippen molar-refractivity contribution in [3.05, 3.63) is 34.1 Å². The van der Waals surface area contributed by atoms with E-state index in [9.17, 15) is 9.50 Å². The Labute approximate surface area is 116 Å². The van der Waals surface area contributed by atoms with Crippen molar-refractivity contribution in [3.63, 3.8) is 0 Å². The van der Waals surface area contributed by atoms with Gasteiger partial charge in [0.25, 0.3) is 0 Å². The van der Waals surface area contributed by atoms with Gasteiger partial charge in [0.15, 0.2) is 0 Å². The lowest BCUT2D eigenvalue weighted by Gasteiger charge is -2.19. The van der Waals surface area contributed by atoms with Crippen molar-refractivity contribution in [1.82, 2.24) is 0 Å². The summed E-state index contributed by atoms with van der Waals surface area (Å²) in [6, 6.07) is 4.18. The minimum atomic E-state index is -0.611. The van der Waals surface area contributed by atoms with E-state index in [1.54, 1.807) is 12.1 Å². The molecule has 0 aliphatic heterocycles. The second kappa shape index (κ2) is 8.03. The Morgan fingerprint density at radius 1 is 1.47 bits per heavy atom. The number of nitrogens with two attached hydrogens (primary N) is 1. The van der Waals surface area contributed by atoms with Crippen LogP contribution >= 0.6 is 28.3 Å². The molecule has 0 saturated heterocycles. The van der Waals surface area contributed by atoms with E-state index in [2.05, 4.69) is 22.9 Å². The van der Waals surface area contributed by atoms with Gasteiger partial charge in [-0.05, 0) is 40.0 Å². The van der Waals surface area contributed by atoms with Crippen LogP contribution in [0.4, 0.5) is 4.39 Å². The predicted molar refractivity (Wildman–Crippen MR) is 73.8 cm³/mol. The standard InChI is InChI=1S/C12H17BrFNO.ClH/c1-2-3-4-11(16)12(15)8-5-6-9(13)10(14)7-8;/h5-7,11-12,16H,2-4,15H2,1H3;1H/t11-,12+;/m1./s1. The van der Waals surface area contributed by atoms with Crippen molar-refractivity contribution in [1.29, 1.82) is 0 Å². The molecule has 2 atom stereocenters. The normalized spacial score (nSPS) is 13.9. The first-order valence-electron chi connectivity index (χ1n) is 5.44. The van der Waals surface area contributed by atoms with Crippen molar-refractivity contribution < 1.29 is 9.50 Å². The van der Waals surface area contributed by atoms with Gasteiger partial charge in [0.2, 0.25) is 0 Å². The second-order valence-corrected chi connectivity index (χ2v) is 4.76. The lowest BCUT2D eigenvalue weighted by atomic mass is 9.98. The van der Waals surface area contributed by atoms with Crippen molar-refractivity contribution in [2.24, 2.45) is 5.73 Å². The van der Waals surface area contributed by atoms with Crippen LogP contribution in [-0.4, -0.2) is 11.2 Å². The molecule has 0 spiro atoms. The Morgan fingerprint density at radius 3 is 2.65 bits per heavy atom. The summed E-state index contributed by atoms with van der Waals surface area (Å²) in [4.78, 5) is 0. The number of aliphatic hydroxyl groups excluding tert-OH is 1. The van der Waals surface area contributed by atoms with E-state index in [0.29, 0.717) is 16.5 Å². The molecule has 0 saturated carbocycles. The summed E-state index contributed by atoms with van der Waals surface area (Å²) < 4.78 is 13.7. The van der Waals surface area contributed by atoms with E-state index in [0.717, 1.165) is 12.8 Å². The van der Waals surface area contributed by atoms with E-state index in [4.69, 9.17) is 5.73 Å². The highest BCUT2D eigenvalue weighted by atomic mass is 79.9. The Hall–Kier alpha value is -0.160. The molecule has 0 aliphatic carbocycles. The Kier molecular flexibility index (Phi) is 7.96. The fraction of sp³-hybridized carbons (Fsp3) is 0.500. The number of benzene rings is 1. The van der Waals surface area contributed by atoms with Crippen molar-refractivity contribution in [2.75, 3.05) is 0 Å². The summed E-state index contributed by atoms with van der Waals surface area (Å²) >= 11 is 3.08. The molecule has 3 N–H and O–H groups in total. The number of unbranched alkanes of at least 4 members (excludes halogenated alkanes) is 1. The van der Waals surface area contributed by atoms with Crippen LogP contribution in [0.3, 0.4) is 0 Å². The Balaban J connectivity index is 0.00000256. The lowest BCUT2D eigenvalue weighted by Crippen LogP contribution is -2.26. The third kappa shape index (κ3) is 4.92. The summed E-state index contributed by atoms with van der Waals surface area (Å²) in [7, 11) is 0. The van der Waals surface area contributed by atoms with Gasteiger partial charge in [-0.1, -0.05) is 25.8 Å². The highest BCUT2D eigenvalue weighted by Gasteiger charge is 2.17. The van der Waals surface area contributed by atoms with Crippen LogP contribution in [-0.2, 0) is 0 Å². The van der Waals surface area contributed by atoms with Crippen LogP contribution in [0.15, 0.2) is 22.7 Å². The number of rotatable bonds is 5. The van der Waals surface area contributed by atoms with Gasteiger partial charge in [0.05, 0.1) is 16.6 Å². The zero-order valence-electron chi connectivity index (χ0n) is 9.70. The third-order valence-corrected chi connectivity index (χ3v) is 3.24. The van der Waals surface area contributed by atoms with Crippen LogP contribution in [0.25, 0.3) is 0 Å². The molecule has 98 valence electrons. The number of aliphatic hydroxyl groups is 1. The quantitative estimate of drug-likeness (QED) is 0.869. The highest BCUT2D eigenvalue weighted by molar-refractivity contribution is 9.10. The molecule has 1 rings (SSSR count). The van der Waals surface area contributed by atoms with E-state index in [1.807, 2.05) is 0 Å². The van der Waals surface area contributed by atoms with E-state index >= 15 is 0 Å². The summed E-state index contributed by atoms with van der Waals surface area (Å²) in [6.45, 7) is 2.05. The van der Waals surface area contributed by atoms with Gasteiger partial charge in [-0.2, -0.15) is 0 Å². The molecule has 0 amide bonds. The average Bonchev–Trinajstić information content (AvgIpc) is 2.28. The smallest absolute Gasteiger partial charge is 0.137 e. The third-order valence-electron chi connectivity index (χ3n) is 2.60. The molecule has 17 heavy (non-hydrogen) atoms. The van der Waals surface area contributed by atoms with Gasteiger partial charge >= 0.3 is 0 Å². The average molecular weight is 327 g/mol. The van der Waals surface area contributed by atoms with E-state index in [-0.39, 0.29) is 18.2 Å². The van der Waals surface area contributed by atoms with Crippen LogP contribution in [0.2, 0.25) is 0 Å². The zero-order valence-corrected chi connectivity index (χ0v) is 12.1. The molecule has 5 heteroatoms. The monoisotopic (exact) mass is 325 g/mol. The van der Waals surface area contributed by atoms with Crippen molar-refractivity contribution in [3.8, 4) is 0 Å².